The van der Waals surface area contributed by atoms with E-state index in [9.17, 15) is 8.42 Å². The molecule has 1 aliphatic rings. The van der Waals surface area contributed by atoms with Crippen LogP contribution in [0.5, 0.6) is 0 Å². The van der Waals surface area contributed by atoms with Crippen LogP contribution in [0.3, 0.4) is 0 Å². The molecule has 2 rings (SSSR count). The molecule has 102 valence electrons. The Balaban J connectivity index is 0.00000162. The standard InChI is InChI=1S/C12H18N2O2S.ClH/c13-12-6-8-14(9-7-12)17(15,16)10-11-4-2-1-3-5-11;/h1-5,12H,6-10,13H2;1H. The van der Waals surface area contributed by atoms with Gasteiger partial charge in [-0.05, 0) is 18.4 Å². The highest BCUT2D eigenvalue weighted by Gasteiger charge is 2.26. The Labute approximate surface area is 115 Å². The van der Waals surface area contributed by atoms with E-state index in [4.69, 9.17) is 5.73 Å². The predicted octanol–water partition coefficient (Wildman–Crippen LogP) is 1.36. The summed E-state index contributed by atoms with van der Waals surface area (Å²) < 4.78 is 25.9. The van der Waals surface area contributed by atoms with E-state index in [1.54, 1.807) is 4.31 Å². The van der Waals surface area contributed by atoms with Gasteiger partial charge in [-0.3, -0.25) is 0 Å². The van der Waals surface area contributed by atoms with Gasteiger partial charge in [0.05, 0.1) is 5.75 Å². The Bertz CT molecular complexity index is 456. The average molecular weight is 291 g/mol. The number of benzene rings is 1. The molecule has 1 heterocycles. The van der Waals surface area contributed by atoms with Crippen molar-refractivity contribution in [2.75, 3.05) is 13.1 Å². The molecule has 0 saturated carbocycles. The van der Waals surface area contributed by atoms with Gasteiger partial charge in [0.1, 0.15) is 0 Å². The van der Waals surface area contributed by atoms with Gasteiger partial charge in [0.2, 0.25) is 10.0 Å². The first kappa shape index (κ1) is 15.4. The zero-order valence-electron chi connectivity index (χ0n) is 10.2. The molecule has 1 aromatic carbocycles. The Morgan fingerprint density at radius 2 is 1.72 bits per heavy atom. The number of hydrogen-bond acceptors (Lipinski definition) is 3. The third kappa shape index (κ3) is 3.95. The summed E-state index contributed by atoms with van der Waals surface area (Å²) in [6, 6.07) is 9.43. The number of halogens is 1. The van der Waals surface area contributed by atoms with Crippen LogP contribution >= 0.6 is 12.4 Å². The topological polar surface area (TPSA) is 63.4 Å². The van der Waals surface area contributed by atoms with E-state index in [1.807, 2.05) is 30.3 Å². The molecule has 0 spiro atoms. The summed E-state index contributed by atoms with van der Waals surface area (Å²) in [6.45, 7) is 1.10. The number of rotatable bonds is 3. The lowest BCUT2D eigenvalue weighted by molar-refractivity contribution is 0.319. The third-order valence-electron chi connectivity index (χ3n) is 3.08. The van der Waals surface area contributed by atoms with Gasteiger partial charge in [-0.1, -0.05) is 30.3 Å². The van der Waals surface area contributed by atoms with Crippen LogP contribution in [0.15, 0.2) is 30.3 Å². The van der Waals surface area contributed by atoms with Gasteiger partial charge < -0.3 is 5.73 Å². The molecule has 18 heavy (non-hydrogen) atoms. The van der Waals surface area contributed by atoms with Crippen molar-refractivity contribution in [3.05, 3.63) is 35.9 Å². The highest BCUT2D eigenvalue weighted by atomic mass is 35.5. The summed E-state index contributed by atoms with van der Waals surface area (Å²) in [5.41, 5.74) is 6.61. The predicted molar refractivity (Wildman–Crippen MR) is 75.1 cm³/mol. The quantitative estimate of drug-likeness (QED) is 0.914. The fourth-order valence-electron chi connectivity index (χ4n) is 2.03. The van der Waals surface area contributed by atoms with E-state index in [0.717, 1.165) is 18.4 Å². The summed E-state index contributed by atoms with van der Waals surface area (Å²) in [4.78, 5) is 0. The number of hydrogen-bond donors (Lipinski definition) is 1. The highest BCUT2D eigenvalue weighted by Crippen LogP contribution is 2.16. The summed E-state index contributed by atoms with van der Waals surface area (Å²) >= 11 is 0. The number of piperidine rings is 1. The Kier molecular flexibility index (Phi) is 5.59. The third-order valence-corrected chi connectivity index (χ3v) is 4.93. The number of sulfonamides is 1. The van der Waals surface area contributed by atoms with Crippen LogP contribution in [0.1, 0.15) is 18.4 Å². The molecule has 6 heteroatoms. The molecule has 0 unspecified atom stereocenters. The molecule has 1 aliphatic heterocycles. The minimum absolute atomic E-state index is 0. The van der Waals surface area contributed by atoms with Crippen molar-refractivity contribution in [1.29, 1.82) is 0 Å². The molecule has 0 atom stereocenters. The van der Waals surface area contributed by atoms with E-state index in [-0.39, 0.29) is 24.2 Å². The fourth-order valence-corrected chi connectivity index (χ4v) is 3.59. The van der Waals surface area contributed by atoms with E-state index in [2.05, 4.69) is 0 Å². The fraction of sp³-hybridized carbons (Fsp3) is 0.500. The normalized spacial score (nSPS) is 18.3. The summed E-state index contributed by atoms with van der Waals surface area (Å²) in [5, 5.41) is 0. The molecule has 1 fully saturated rings. The lowest BCUT2D eigenvalue weighted by atomic mass is 10.1. The van der Waals surface area contributed by atoms with Crippen molar-refractivity contribution < 1.29 is 8.42 Å². The maximum atomic E-state index is 12.1. The van der Waals surface area contributed by atoms with E-state index in [1.165, 1.54) is 0 Å². The molecule has 1 aromatic rings. The largest absolute Gasteiger partial charge is 0.328 e. The van der Waals surface area contributed by atoms with Crippen molar-refractivity contribution in [2.24, 2.45) is 5.73 Å². The van der Waals surface area contributed by atoms with Gasteiger partial charge in [-0.2, -0.15) is 0 Å². The van der Waals surface area contributed by atoms with Crippen LogP contribution in [0.4, 0.5) is 0 Å². The van der Waals surface area contributed by atoms with Crippen molar-refractivity contribution in [2.45, 2.75) is 24.6 Å². The van der Waals surface area contributed by atoms with Crippen LogP contribution in [0, 0.1) is 0 Å². The molecule has 0 radical (unpaired) electrons. The monoisotopic (exact) mass is 290 g/mol. The first-order chi connectivity index (χ1) is 8.08. The second kappa shape index (κ2) is 6.52. The van der Waals surface area contributed by atoms with Crippen molar-refractivity contribution in [1.82, 2.24) is 4.31 Å². The molecule has 0 bridgehead atoms. The second-order valence-electron chi connectivity index (χ2n) is 4.48. The Morgan fingerprint density at radius 1 is 1.17 bits per heavy atom. The SMILES string of the molecule is Cl.NC1CCN(S(=O)(=O)Cc2ccccc2)CC1. The van der Waals surface area contributed by atoms with Gasteiger partial charge in [-0.25, -0.2) is 12.7 Å². The average Bonchev–Trinajstić information content (AvgIpc) is 2.30. The highest BCUT2D eigenvalue weighted by molar-refractivity contribution is 7.88. The summed E-state index contributed by atoms with van der Waals surface area (Å²) in [7, 11) is -3.18. The van der Waals surface area contributed by atoms with Gasteiger partial charge in [0.15, 0.2) is 0 Å². The molecular formula is C12H19ClN2O2S. The van der Waals surface area contributed by atoms with Gasteiger partial charge >= 0.3 is 0 Å². The maximum Gasteiger partial charge on any atom is 0.218 e. The number of nitrogens with two attached hydrogens (primary N) is 1. The minimum atomic E-state index is -3.18. The summed E-state index contributed by atoms with van der Waals surface area (Å²) in [6.07, 6.45) is 1.52. The minimum Gasteiger partial charge on any atom is -0.328 e. The molecule has 1 saturated heterocycles. The van der Waals surface area contributed by atoms with E-state index in [0.29, 0.717) is 13.1 Å². The summed E-state index contributed by atoms with van der Waals surface area (Å²) in [5.74, 6) is 0.0864. The van der Waals surface area contributed by atoms with Crippen LogP contribution in [0.2, 0.25) is 0 Å². The molecule has 0 aromatic heterocycles. The smallest absolute Gasteiger partial charge is 0.218 e. The molecule has 0 amide bonds. The van der Waals surface area contributed by atoms with Crippen LogP contribution < -0.4 is 5.73 Å². The molecule has 2 N–H and O–H groups in total. The van der Waals surface area contributed by atoms with E-state index < -0.39 is 10.0 Å². The van der Waals surface area contributed by atoms with Crippen LogP contribution in [-0.2, 0) is 15.8 Å². The zero-order valence-corrected chi connectivity index (χ0v) is 11.8. The first-order valence-corrected chi connectivity index (χ1v) is 7.46. The first-order valence-electron chi connectivity index (χ1n) is 5.85. The van der Waals surface area contributed by atoms with Crippen molar-refractivity contribution >= 4 is 22.4 Å². The second-order valence-corrected chi connectivity index (χ2v) is 6.45. The Morgan fingerprint density at radius 3 is 2.28 bits per heavy atom. The van der Waals surface area contributed by atoms with E-state index >= 15 is 0 Å². The van der Waals surface area contributed by atoms with Crippen LogP contribution in [0.25, 0.3) is 0 Å². The molecular weight excluding hydrogens is 272 g/mol. The zero-order chi connectivity index (χ0) is 12.3. The number of nitrogens with zero attached hydrogens (tertiary/aromatic N) is 1. The van der Waals surface area contributed by atoms with Crippen molar-refractivity contribution in [3.8, 4) is 0 Å². The van der Waals surface area contributed by atoms with Crippen LogP contribution in [-0.4, -0.2) is 31.9 Å². The maximum absolute atomic E-state index is 12.1. The van der Waals surface area contributed by atoms with Gasteiger partial charge in [0.25, 0.3) is 0 Å². The molecule has 0 aliphatic carbocycles. The van der Waals surface area contributed by atoms with Gasteiger partial charge in [0, 0.05) is 19.1 Å². The lowest BCUT2D eigenvalue weighted by Crippen LogP contribution is -2.43. The van der Waals surface area contributed by atoms with Crippen molar-refractivity contribution in [3.63, 3.8) is 0 Å². The molecule has 4 nitrogen and oxygen atoms in total. The lowest BCUT2D eigenvalue weighted by Gasteiger charge is -2.29. The van der Waals surface area contributed by atoms with Gasteiger partial charge in [-0.15, -0.1) is 12.4 Å². The Hall–Kier alpha value is -0.620.